The lowest BCUT2D eigenvalue weighted by atomic mass is 10.0. The number of nitrogens with zero attached hydrogens (tertiary/aromatic N) is 1. The summed E-state index contributed by atoms with van der Waals surface area (Å²) in [6.45, 7) is 4.46. The zero-order chi connectivity index (χ0) is 60.5. The number of ether oxygens (including phenoxy) is 4. The van der Waals surface area contributed by atoms with E-state index in [9.17, 15) is 19.5 Å². The van der Waals surface area contributed by atoms with Crippen molar-refractivity contribution in [3.63, 3.8) is 0 Å². The Hall–Kier alpha value is -4.83. The van der Waals surface area contributed by atoms with Gasteiger partial charge in [0.2, 0.25) is 0 Å². The summed E-state index contributed by atoms with van der Waals surface area (Å²) in [5.74, 6) is -2.35. The van der Waals surface area contributed by atoms with Crippen LogP contribution in [0, 0.1) is 0 Å². The average Bonchev–Trinajstić information content (AvgIpc) is 3.46. The Kier molecular flexibility index (Phi) is 59.5. The Morgan fingerprint density at radius 3 is 0.988 bits per heavy atom. The quantitative estimate of drug-likeness (QED) is 0.0195. The minimum absolute atomic E-state index is 0.134. The minimum Gasteiger partial charge on any atom is -0.545 e. The van der Waals surface area contributed by atoms with Gasteiger partial charge in [-0.1, -0.05) is 262 Å². The highest BCUT2D eigenvalue weighted by Gasteiger charge is 2.22. The molecular weight excluding hydrogens is 1030 g/mol. The maximum absolute atomic E-state index is 12.9. The van der Waals surface area contributed by atoms with Crippen LogP contribution in [0.1, 0.15) is 245 Å². The summed E-state index contributed by atoms with van der Waals surface area (Å²) in [7, 11) is 5.91. The summed E-state index contributed by atoms with van der Waals surface area (Å²) in [5, 5.41) is 11.8. The molecule has 0 N–H and O–H groups in total. The molecule has 0 saturated carbocycles. The number of allylic oxidation sites excluding steroid dienone is 24. The molecule has 9 heteroatoms. The normalized spacial score (nSPS) is 13.7. The van der Waals surface area contributed by atoms with Gasteiger partial charge in [0, 0.05) is 12.8 Å². The number of carboxylic acids is 1. The molecule has 0 aliphatic carbocycles. The first-order valence-corrected chi connectivity index (χ1v) is 33.0. The molecule has 0 amide bonds. The smallest absolute Gasteiger partial charge is 0.306 e. The number of carboxylic acid groups (broad SMARTS) is 1. The number of rotatable bonds is 59. The summed E-state index contributed by atoms with van der Waals surface area (Å²) in [4.78, 5) is 37.4. The number of carbonyl (C=O) groups is 3. The molecule has 2 unspecified atom stereocenters. The van der Waals surface area contributed by atoms with Crippen LogP contribution in [0.15, 0.2) is 146 Å². The van der Waals surface area contributed by atoms with Crippen molar-refractivity contribution in [2.45, 2.75) is 257 Å². The number of likely N-dealkylation sites (N-methyl/N-ethyl adjacent to an activating group) is 1. The second-order valence-corrected chi connectivity index (χ2v) is 22.6. The van der Waals surface area contributed by atoms with E-state index in [1.165, 1.54) is 96.3 Å². The first-order chi connectivity index (χ1) is 40.6. The number of aliphatic carboxylic acids is 1. The number of hydrogen-bond acceptors (Lipinski definition) is 8. The standard InChI is InChI=1S/C74H121NO8/c1-6-8-10-12-14-16-18-20-22-24-26-28-29-30-31-32-33-34-35-36-37-38-39-40-41-42-43-45-47-49-51-53-55-57-59-61-63-65-72(77)83-70(69-82-74(73(78)79)80-67-66-75(3,4)5)68-81-71(76)64-62-60-58-56-54-52-50-48-46-44-27-25-23-21-19-17-15-13-11-9-7-2/h8-11,14-17,20-23,26-28,30-31,33-34,44,48,50,54,56,70,74H,6-7,12-13,18-19,24-25,29,32,35-43,45-47,49,51-53,55,57-69H2,1-5H3/b10-8-,11-9-,16-14-,17-15-,22-20-,23-21-,28-26-,31-30-,34-33-,44-27-,50-48-,56-54-. The SMILES string of the molecule is CC/C=C\C/C=C\C/C=C\C/C=C\C/C=C\C/C=C\CCCCCCCCCCCCCCCCCCCCC(=O)OC(COC(=O)CCCC/C=C\C/C=C\C/C=C\C/C=C\C/C=C\C/C=C\CC)COC(OCC[N+](C)(C)C)C(=O)[O-]. The zero-order valence-electron chi connectivity index (χ0n) is 53.5. The van der Waals surface area contributed by atoms with Gasteiger partial charge in [0.25, 0.3) is 0 Å². The highest BCUT2D eigenvalue weighted by Crippen LogP contribution is 2.16. The first-order valence-electron chi connectivity index (χ1n) is 33.0. The Morgan fingerprint density at radius 1 is 0.361 bits per heavy atom. The van der Waals surface area contributed by atoms with Crippen molar-refractivity contribution < 1.29 is 42.9 Å². The molecule has 0 radical (unpaired) electrons. The van der Waals surface area contributed by atoms with E-state index >= 15 is 0 Å². The predicted octanol–water partition coefficient (Wildman–Crippen LogP) is 19.0. The molecule has 0 spiro atoms. The molecule has 2 atom stereocenters. The maximum Gasteiger partial charge on any atom is 0.306 e. The van der Waals surface area contributed by atoms with Crippen LogP contribution in [0.25, 0.3) is 0 Å². The Labute approximate surface area is 509 Å². The largest absolute Gasteiger partial charge is 0.545 e. The predicted molar refractivity (Wildman–Crippen MR) is 352 cm³/mol. The molecule has 83 heavy (non-hydrogen) atoms. The molecular formula is C74H121NO8. The summed E-state index contributed by atoms with van der Waals surface area (Å²) < 4.78 is 22.7. The van der Waals surface area contributed by atoms with Crippen molar-refractivity contribution in [1.29, 1.82) is 0 Å². The van der Waals surface area contributed by atoms with Crippen molar-refractivity contribution in [3.05, 3.63) is 146 Å². The van der Waals surface area contributed by atoms with Gasteiger partial charge in [-0.25, -0.2) is 0 Å². The Balaban J connectivity index is 4.16. The molecule has 0 saturated heterocycles. The fraction of sp³-hybridized carbons (Fsp3) is 0.635. The zero-order valence-corrected chi connectivity index (χ0v) is 53.5. The van der Waals surface area contributed by atoms with Crippen LogP contribution < -0.4 is 5.11 Å². The van der Waals surface area contributed by atoms with Gasteiger partial charge in [-0.15, -0.1) is 0 Å². The van der Waals surface area contributed by atoms with Crippen LogP contribution in [0.4, 0.5) is 0 Å². The highest BCUT2D eigenvalue weighted by molar-refractivity contribution is 5.70. The minimum atomic E-state index is -1.64. The van der Waals surface area contributed by atoms with Crippen LogP contribution in [-0.4, -0.2) is 82.3 Å². The average molecular weight is 1150 g/mol. The number of esters is 2. The molecule has 0 rings (SSSR count). The molecule has 470 valence electrons. The van der Waals surface area contributed by atoms with E-state index in [4.69, 9.17) is 18.9 Å². The highest BCUT2D eigenvalue weighted by atomic mass is 16.7. The van der Waals surface area contributed by atoms with Gasteiger partial charge in [-0.05, 0) is 116 Å². The fourth-order valence-corrected chi connectivity index (χ4v) is 8.60. The van der Waals surface area contributed by atoms with Crippen molar-refractivity contribution in [2.24, 2.45) is 0 Å². The second kappa shape index (κ2) is 63.2. The third kappa shape index (κ3) is 64.6. The van der Waals surface area contributed by atoms with E-state index in [0.717, 1.165) is 109 Å². The number of hydrogen-bond donors (Lipinski definition) is 0. The first kappa shape index (κ1) is 78.2. The lowest BCUT2D eigenvalue weighted by molar-refractivity contribution is -0.870. The van der Waals surface area contributed by atoms with E-state index in [0.29, 0.717) is 23.9 Å². The molecule has 0 aliphatic rings. The molecule has 0 fully saturated rings. The third-order valence-corrected chi connectivity index (χ3v) is 13.6. The van der Waals surface area contributed by atoms with Gasteiger partial charge in [-0.3, -0.25) is 9.59 Å². The lowest BCUT2D eigenvalue weighted by Gasteiger charge is -2.26. The third-order valence-electron chi connectivity index (χ3n) is 13.6. The summed E-state index contributed by atoms with van der Waals surface area (Å²) in [6.07, 6.45) is 89.3. The molecule has 0 aromatic heterocycles. The van der Waals surface area contributed by atoms with Gasteiger partial charge in [-0.2, -0.15) is 0 Å². The van der Waals surface area contributed by atoms with Gasteiger partial charge in [0.1, 0.15) is 13.2 Å². The van der Waals surface area contributed by atoms with Crippen molar-refractivity contribution in [2.75, 3.05) is 47.5 Å². The van der Waals surface area contributed by atoms with Crippen LogP contribution in [0.2, 0.25) is 0 Å². The number of quaternary nitrogens is 1. The van der Waals surface area contributed by atoms with Crippen molar-refractivity contribution >= 4 is 17.9 Å². The van der Waals surface area contributed by atoms with Crippen LogP contribution in [0.5, 0.6) is 0 Å². The van der Waals surface area contributed by atoms with E-state index in [2.05, 4.69) is 160 Å². The van der Waals surface area contributed by atoms with E-state index in [-0.39, 0.29) is 32.7 Å². The molecule has 0 bridgehead atoms. The molecule has 0 aliphatic heterocycles. The van der Waals surface area contributed by atoms with Crippen LogP contribution in [-0.2, 0) is 33.3 Å². The van der Waals surface area contributed by atoms with Crippen LogP contribution >= 0.6 is 0 Å². The summed E-state index contributed by atoms with van der Waals surface area (Å²) in [5.41, 5.74) is 0. The lowest BCUT2D eigenvalue weighted by Crippen LogP contribution is -2.44. The van der Waals surface area contributed by atoms with Crippen molar-refractivity contribution in [3.8, 4) is 0 Å². The van der Waals surface area contributed by atoms with E-state index in [1.54, 1.807) is 0 Å². The fourth-order valence-electron chi connectivity index (χ4n) is 8.60. The summed E-state index contributed by atoms with van der Waals surface area (Å²) in [6, 6.07) is 0. The molecule has 0 heterocycles. The van der Waals surface area contributed by atoms with E-state index < -0.39 is 30.3 Å². The van der Waals surface area contributed by atoms with Gasteiger partial charge in [0.15, 0.2) is 12.4 Å². The molecule has 0 aromatic rings. The van der Waals surface area contributed by atoms with Crippen molar-refractivity contribution in [1.82, 2.24) is 0 Å². The monoisotopic (exact) mass is 1150 g/mol. The topological polar surface area (TPSA) is 111 Å². The van der Waals surface area contributed by atoms with E-state index in [1.807, 2.05) is 21.1 Å². The number of carbonyl (C=O) groups excluding carboxylic acids is 3. The molecule has 9 nitrogen and oxygen atoms in total. The second-order valence-electron chi connectivity index (χ2n) is 22.6. The van der Waals surface area contributed by atoms with Gasteiger partial charge < -0.3 is 33.3 Å². The molecule has 0 aromatic carbocycles. The maximum atomic E-state index is 12.9. The van der Waals surface area contributed by atoms with Gasteiger partial charge >= 0.3 is 11.9 Å². The summed E-state index contributed by atoms with van der Waals surface area (Å²) >= 11 is 0. The number of unbranched alkanes of at least 4 members (excludes halogenated alkanes) is 20. The Morgan fingerprint density at radius 2 is 0.651 bits per heavy atom. The van der Waals surface area contributed by atoms with Crippen LogP contribution in [0.3, 0.4) is 0 Å². The van der Waals surface area contributed by atoms with Gasteiger partial charge in [0.05, 0.1) is 40.3 Å². The Bertz CT molecular complexity index is 1870.